The van der Waals surface area contributed by atoms with Gasteiger partial charge in [0.15, 0.2) is 0 Å². The quantitative estimate of drug-likeness (QED) is 0.912. The summed E-state index contributed by atoms with van der Waals surface area (Å²) in [5.41, 5.74) is 0.915. The molecule has 21 heavy (non-hydrogen) atoms. The summed E-state index contributed by atoms with van der Waals surface area (Å²) in [5.74, 6) is -1.12. The number of carboxylic acid groups (broad SMARTS) is 1. The van der Waals surface area contributed by atoms with Crippen molar-refractivity contribution in [3.63, 3.8) is 0 Å². The van der Waals surface area contributed by atoms with E-state index in [-0.39, 0.29) is 10.6 Å². The highest BCUT2D eigenvalue weighted by atomic mass is 35.5. The van der Waals surface area contributed by atoms with E-state index in [9.17, 15) is 9.59 Å². The minimum atomic E-state index is -1.12. The van der Waals surface area contributed by atoms with Crippen LogP contribution < -0.4 is 10.2 Å². The number of aromatic nitrogens is 1. The van der Waals surface area contributed by atoms with Crippen LogP contribution in [0.4, 0.5) is 16.2 Å². The fourth-order valence-electron chi connectivity index (χ4n) is 1.66. The molecule has 6 nitrogen and oxygen atoms in total. The molecule has 0 fully saturated rings. The van der Waals surface area contributed by atoms with Crippen molar-refractivity contribution in [2.45, 2.75) is 0 Å². The van der Waals surface area contributed by atoms with E-state index in [1.807, 2.05) is 0 Å². The number of nitrogens with one attached hydrogen (secondary N) is 1. The number of carbonyl (C=O) groups is 2. The molecule has 1 aromatic heterocycles. The van der Waals surface area contributed by atoms with Gasteiger partial charge in [-0.25, -0.2) is 9.59 Å². The summed E-state index contributed by atoms with van der Waals surface area (Å²) in [7, 11) is 1.58. The van der Waals surface area contributed by atoms with Crippen molar-refractivity contribution in [1.82, 2.24) is 4.98 Å². The third kappa shape index (κ3) is 3.70. The van der Waals surface area contributed by atoms with Crippen LogP contribution in [0.5, 0.6) is 0 Å². The Balaban J connectivity index is 2.18. The summed E-state index contributed by atoms with van der Waals surface area (Å²) in [6.45, 7) is 0. The van der Waals surface area contributed by atoms with E-state index in [2.05, 4.69) is 10.3 Å². The van der Waals surface area contributed by atoms with Gasteiger partial charge in [-0.2, -0.15) is 0 Å². The van der Waals surface area contributed by atoms with Crippen LogP contribution in [0.1, 0.15) is 10.4 Å². The highest BCUT2D eigenvalue weighted by molar-refractivity contribution is 6.31. The number of carbonyl (C=O) groups excluding carboxylic acids is 1. The molecule has 0 aliphatic heterocycles. The van der Waals surface area contributed by atoms with Crippen LogP contribution >= 0.6 is 11.6 Å². The Labute approximate surface area is 126 Å². The number of benzene rings is 1. The number of aromatic carboxylic acids is 1. The van der Waals surface area contributed by atoms with Crippen LogP contribution in [0, 0.1) is 0 Å². The van der Waals surface area contributed by atoms with Gasteiger partial charge in [0.2, 0.25) is 0 Å². The molecule has 1 heterocycles. The van der Waals surface area contributed by atoms with E-state index in [0.29, 0.717) is 11.4 Å². The first-order chi connectivity index (χ1) is 9.97. The molecule has 2 rings (SSSR count). The van der Waals surface area contributed by atoms with Gasteiger partial charge >= 0.3 is 12.0 Å². The zero-order valence-electron chi connectivity index (χ0n) is 11.1. The molecule has 0 saturated heterocycles. The molecule has 2 amide bonds. The number of nitrogens with zero attached hydrogens (tertiary/aromatic N) is 2. The van der Waals surface area contributed by atoms with Gasteiger partial charge in [0, 0.05) is 24.0 Å². The first-order valence-electron chi connectivity index (χ1n) is 5.96. The minimum absolute atomic E-state index is 0.00170. The van der Waals surface area contributed by atoms with E-state index < -0.39 is 12.0 Å². The lowest BCUT2D eigenvalue weighted by Gasteiger charge is -2.17. The summed E-state index contributed by atoms with van der Waals surface area (Å²) in [4.78, 5) is 28.3. The van der Waals surface area contributed by atoms with Gasteiger partial charge in [-0.05, 0) is 30.3 Å². The smallest absolute Gasteiger partial charge is 0.335 e. The molecule has 0 radical (unpaired) electrons. The molecule has 0 unspecified atom stereocenters. The highest BCUT2D eigenvalue weighted by Crippen LogP contribution is 2.20. The van der Waals surface area contributed by atoms with Crippen molar-refractivity contribution in [2.24, 2.45) is 0 Å². The highest BCUT2D eigenvalue weighted by Gasteiger charge is 2.13. The lowest BCUT2D eigenvalue weighted by Crippen LogP contribution is -2.31. The Bertz CT molecular complexity index is 676. The molecule has 0 atom stereocenters. The summed E-state index contributed by atoms with van der Waals surface area (Å²) >= 11 is 5.84. The standard InChI is InChI=1S/C14H12ClN3O3/c1-18(12-3-2-4-16-8-12)14(21)17-11-6-9(13(19)20)5-10(15)7-11/h2-8H,1H3,(H,17,21)(H,19,20). The summed E-state index contributed by atoms with van der Waals surface area (Å²) in [6.07, 6.45) is 3.14. The number of amides is 2. The van der Waals surface area contributed by atoms with E-state index in [0.717, 1.165) is 0 Å². The Hall–Kier alpha value is -2.60. The molecule has 7 heteroatoms. The van der Waals surface area contributed by atoms with Crippen LogP contribution in [0.15, 0.2) is 42.7 Å². The first-order valence-corrected chi connectivity index (χ1v) is 6.34. The predicted molar refractivity (Wildman–Crippen MR) is 80.1 cm³/mol. The number of hydrogen-bond acceptors (Lipinski definition) is 3. The maximum atomic E-state index is 12.1. The van der Waals surface area contributed by atoms with E-state index >= 15 is 0 Å². The lowest BCUT2D eigenvalue weighted by molar-refractivity contribution is 0.0697. The molecule has 1 aromatic carbocycles. The van der Waals surface area contributed by atoms with Crippen molar-refractivity contribution >= 4 is 35.0 Å². The van der Waals surface area contributed by atoms with Gasteiger partial charge in [0.1, 0.15) is 0 Å². The average Bonchev–Trinajstić information content (AvgIpc) is 2.46. The van der Waals surface area contributed by atoms with Gasteiger partial charge in [-0.1, -0.05) is 11.6 Å². The second-order valence-corrected chi connectivity index (χ2v) is 4.67. The fourth-order valence-corrected chi connectivity index (χ4v) is 1.90. The summed E-state index contributed by atoms with van der Waals surface area (Å²) in [6, 6.07) is 7.13. The maximum Gasteiger partial charge on any atom is 0.335 e. The van der Waals surface area contributed by atoms with Crippen LogP contribution in [0.25, 0.3) is 0 Å². The average molecular weight is 306 g/mol. The number of rotatable bonds is 3. The maximum absolute atomic E-state index is 12.1. The van der Waals surface area contributed by atoms with E-state index in [1.165, 1.54) is 23.1 Å². The first kappa shape index (κ1) is 14.8. The van der Waals surface area contributed by atoms with Gasteiger partial charge < -0.3 is 10.4 Å². The second-order valence-electron chi connectivity index (χ2n) is 4.23. The largest absolute Gasteiger partial charge is 0.478 e. The topological polar surface area (TPSA) is 82.5 Å². The van der Waals surface area contributed by atoms with Crippen LogP contribution in [0.3, 0.4) is 0 Å². The molecule has 2 aromatic rings. The Morgan fingerprint density at radius 3 is 2.71 bits per heavy atom. The minimum Gasteiger partial charge on any atom is -0.478 e. The van der Waals surface area contributed by atoms with Crippen LogP contribution in [0.2, 0.25) is 5.02 Å². The predicted octanol–water partition coefficient (Wildman–Crippen LogP) is 3.10. The molecule has 0 aliphatic carbocycles. The number of anilines is 2. The number of pyridine rings is 1. The number of carboxylic acids is 1. The van der Waals surface area contributed by atoms with Crippen molar-refractivity contribution in [2.75, 3.05) is 17.3 Å². The van der Waals surface area contributed by atoms with Gasteiger partial charge in [0.05, 0.1) is 17.4 Å². The summed E-state index contributed by atoms with van der Waals surface area (Å²) < 4.78 is 0. The Morgan fingerprint density at radius 2 is 2.10 bits per heavy atom. The fraction of sp³-hybridized carbons (Fsp3) is 0.0714. The third-order valence-electron chi connectivity index (χ3n) is 2.73. The third-order valence-corrected chi connectivity index (χ3v) is 2.95. The van der Waals surface area contributed by atoms with Crippen molar-refractivity contribution in [1.29, 1.82) is 0 Å². The van der Waals surface area contributed by atoms with Gasteiger partial charge in [-0.15, -0.1) is 0 Å². The van der Waals surface area contributed by atoms with Crippen molar-refractivity contribution < 1.29 is 14.7 Å². The van der Waals surface area contributed by atoms with E-state index in [4.69, 9.17) is 16.7 Å². The molecule has 0 spiro atoms. The van der Waals surface area contributed by atoms with Gasteiger partial charge in [0.25, 0.3) is 0 Å². The monoisotopic (exact) mass is 305 g/mol. The molecular weight excluding hydrogens is 294 g/mol. The molecule has 108 valence electrons. The second kappa shape index (κ2) is 6.23. The van der Waals surface area contributed by atoms with Crippen LogP contribution in [-0.2, 0) is 0 Å². The molecule has 0 saturated carbocycles. The zero-order valence-corrected chi connectivity index (χ0v) is 11.8. The number of halogens is 1. The molecule has 0 aliphatic rings. The zero-order chi connectivity index (χ0) is 15.4. The molecular formula is C14H12ClN3O3. The van der Waals surface area contributed by atoms with Crippen molar-refractivity contribution in [3.05, 3.63) is 53.3 Å². The Morgan fingerprint density at radius 1 is 1.33 bits per heavy atom. The molecule has 0 bridgehead atoms. The van der Waals surface area contributed by atoms with Gasteiger partial charge in [-0.3, -0.25) is 9.88 Å². The Kier molecular flexibility index (Phi) is 4.39. The summed E-state index contributed by atoms with van der Waals surface area (Å²) in [5, 5.41) is 11.8. The number of urea groups is 1. The SMILES string of the molecule is CN(C(=O)Nc1cc(Cl)cc(C(=O)O)c1)c1cccnc1. The normalized spacial score (nSPS) is 10.0. The lowest BCUT2D eigenvalue weighted by atomic mass is 10.2. The van der Waals surface area contributed by atoms with Crippen LogP contribution in [-0.4, -0.2) is 29.1 Å². The van der Waals surface area contributed by atoms with Crippen molar-refractivity contribution in [3.8, 4) is 0 Å². The van der Waals surface area contributed by atoms with E-state index in [1.54, 1.807) is 31.6 Å². The molecule has 2 N–H and O–H groups in total. The number of hydrogen-bond donors (Lipinski definition) is 2.